The Hall–Kier alpha value is -2.11. The molecule has 3 fully saturated rings. The maximum atomic E-state index is 13.5. The number of nitrogens with zero attached hydrogens (tertiary/aromatic N) is 2. The van der Waals surface area contributed by atoms with E-state index in [2.05, 4.69) is 10.3 Å². The van der Waals surface area contributed by atoms with E-state index in [1.807, 2.05) is 12.1 Å². The topological polar surface area (TPSA) is 56.1 Å². The Balaban J connectivity index is 1.67. The molecule has 3 saturated carbocycles. The molecular weight excluding hydrogens is 273 g/mol. The summed E-state index contributed by atoms with van der Waals surface area (Å²) in [6, 6.07) is 3.65. The maximum Gasteiger partial charge on any atom is 0.268 e. The van der Waals surface area contributed by atoms with Gasteiger partial charge in [0, 0.05) is 43.4 Å². The van der Waals surface area contributed by atoms with Gasteiger partial charge in [-0.3, -0.25) is 4.79 Å². The average Bonchev–Trinajstić information content (AvgIpc) is 2.73. The number of methoxy groups -OCH3 is 1. The van der Waals surface area contributed by atoms with Crippen molar-refractivity contribution < 1.29 is 13.9 Å². The number of ether oxygens (including phenoxy) is 1. The summed E-state index contributed by atoms with van der Waals surface area (Å²) in [5.74, 6) is 0.319. The van der Waals surface area contributed by atoms with Gasteiger partial charge >= 0.3 is 0 Å². The molecule has 6 heteroatoms. The Bertz CT molecular complexity index is 748. The van der Waals surface area contributed by atoms with Crippen LogP contribution in [0.1, 0.15) is 29.8 Å². The number of hydrogen-bond acceptors (Lipinski definition) is 3. The van der Waals surface area contributed by atoms with E-state index in [0.29, 0.717) is 30.8 Å². The molecule has 0 atom stereocenters. The lowest BCUT2D eigenvalue weighted by atomic mass is 9.47. The van der Waals surface area contributed by atoms with Crippen LogP contribution < -0.4 is 10.1 Å². The highest BCUT2D eigenvalue weighted by molar-refractivity contribution is 6.00. The zero-order chi connectivity index (χ0) is 14.8. The van der Waals surface area contributed by atoms with Crippen molar-refractivity contribution >= 4 is 16.8 Å². The summed E-state index contributed by atoms with van der Waals surface area (Å²) < 4.78 is 20.5. The summed E-state index contributed by atoms with van der Waals surface area (Å²) >= 11 is 0. The quantitative estimate of drug-likeness (QED) is 0.939. The first kappa shape index (κ1) is 12.6. The second-order valence-corrected chi connectivity index (χ2v) is 6.26. The number of hydrogen-bond donors (Lipinski definition) is 1. The van der Waals surface area contributed by atoms with Gasteiger partial charge in [-0.2, -0.15) is 0 Å². The number of carbonyl (C=O) groups is 1. The summed E-state index contributed by atoms with van der Waals surface area (Å²) in [6.07, 6.45) is 2.98. The predicted molar refractivity (Wildman–Crippen MR) is 75.2 cm³/mol. The molecule has 0 aromatic carbocycles. The van der Waals surface area contributed by atoms with Gasteiger partial charge < -0.3 is 14.6 Å². The fourth-order valence-corrected chi connectivity index (χ4v) is 3.74. The second kappa shape index (κ2) is 3.75. The third kappa shape index (κ3) is 1.61. The summed E-state index contributed by atoms with van der Waals surface area (Å²) in [7, 11) is 3.36. The van der Waals surface area contributed by atoms with Crippen molar-refractivity contribution in [1.82, 2.24) is 14.9 Å². The van der Waals surface area contributed by atoms with Crippen LogP contribution in [0.3, 0.4) is 0 Å². The smallest absolute Gasteiger partial charge is 0.268 e. The van der Waals surface area contributed by atoms with Crippen LogP contribution in [0.4, 0.5) is 4.39 Å². The van der Waals surface area contributed by atoms with Crippen molar-refractivity contribution in [3.05, 3.63) is 24.0 Å². The highest BCUT2D eigenvalue weighted by Gasteiger charge is 2.69. The van der Waals surface area contributed by atoms with Gasteiger partial charge in [-0.05, 0) is 12.1 Å². The molecule has 5 rings (SSSR count). The minimum absolute atomic E-state index is 0.169. The molecule has 0 radical (unpaired) electrons. The van der Waals surface area contributed by atoms with Crippen molar-refractivity contribution in [1.29, 1.82) is 0 Å². The SMILES string of the molecule is COc1nccc2cc(C(=O)NC34CC(F)(C3)C4)n(C)c12. The highest BCUT2D eigenvalue weighted by atomic mass is 19.1. The zero-order valence-corrected chi connectivity index (χ0v) is 11.9. The first-order valence-corrected chi connectivity index (χ1v) is 6.95. The van der Waals surface area contributed by atoms with E-state index in [1.54, 1.807) is 24.9 Å². The molecule has 0 aliphatic heterocycles. The zero-order valence-electron chi connectivity index (χ0n) is 11.9. The van der Waals surface area contributed by atoms with E-state index in [9.17, 15) is 9.18 Å². The van der Waals surface area contributed by atoms with Crippen molar-refractivity contribution in [2.75, 3.05) is 7.11 Å². The minimum atomic E-state index is -1.01. The molecule has 1 amide bonds. The van der Waals surface area contributed by atoms with Crippen LogP contribution in [0.5, 0.6) is 5.88 Å². The Kier molecular flexibility index (Phi) is 2.25. The van der Waals surface area contributed by atoms with Gasteiger partial charge in [-0.1, -0.05) is 0 Å². The molecule has 21 heavy (non-hydrogen) atoms. The molecule has 2 heterocycles. The summed E-state index contributed by atoms with van der Waals surface area (Å²) in [6.45, 7) is 0. The monoisotopic (exact) mass is 289 g/mol. The van der Waals surface area contributed by atoms with Gasteiger partial charge in [0.25, 0.3) is 5.91 Å². The highest BCUT2D eigenvalue weighted by Crippen LogP contribution is 2.62. The third-order valence-electron chi connectivity index (χ3n) is 4.68. The number of aromatic nitrogens is 2. The maximum absolute atomic E-state index is 13.5. The predicted octanol–water partition coefficient (Wildman–Crippen LogP) is 1.96. The van der Waals surface area contributed by atoms with Crippen LogP contribution in [-0.4, -0.2) is 33.8 Å². The van der Waals surface area contributed by atoms with Crippen molar-refractivity contribution in [3.63, 3.8) is 0 Å². The third-order valence-corrected chi connectivity index (χ3v) is 4.68. The van der Waals surface area contributed by atoms with Crippen molar-refractivity contribution in [2.24, 2.45) is 7.05 Å². The van der Waals surface area contributed by atoms with Crippen LogP contribution in [0.15, 0.2) is 18.3 Å². The normalized spacial score (nSPS) is 29.7. The largest absolute Gasteiger partial charge is 0.479 e. The number of rotatable bonds is 3. The summed E-state index contributed by atoms with van der Waals surface area (Å²) in [5, 5.41) is 3.88. The lowest BCUT2D eigenvalue weighted by Gasteiger charge is -2.65. The number of fused-ring (bicyclic) bond motifs is 1. The number of aryl methyl sites for hydroxylation is 1. The molecule has 0 spiro atoms. The van der Waals surface area contributed by atoms with Crippen molar-refractivity contribution in [3.8, 4) is 5.88 Å². The van der Waals surface area contributed by atoms with Crippen LogP contribution in [0.2, 0.25) is 0 Å². The Morgan fingerprint density at radius 3 is 2.81 bits per heavy atom. The Morgan fingerprint density at radius 1 is 1.48 bits per heavy atom. The summed E-state index contributed by atoms with van der Waals surface area (Å²) in [5.41, 5.74) is -0.0112. The number of nitrogens with one attached hydrogen (secondary N) is 1. The van der Waals surface area contributed by atoms with Gasteiger partial charge in [-0.15, -0.1) is 0 Å². The number of pyridine rings is 1. The molecule has 3 aliphatic carbocycles. The molecule has 1 N–H and O–H groups in total. The van der Waals surface area contributed by atoms with Crippen molar-refractivity contribution in [2.45, 2.75) is 30.5 Å². The van der Waals surface area contributed by atoms with Crippen LogP contribution in [0, 0.1) is 0 Å². The van der Waals surface area contributed by atoms with Crippen LogP contribution in [-0.2, 0) is 7.05 Å². The fraction of sp³-hybridized carbons (Fsp3) is 0.467. The van der Waals surface area contributed by atoms with Crippen LogP contribution >= 0.6 is 0 Å². The number of halogens is 1. The number of carbonyl (C=O) groups excluding carboxylic acids is 1. The molecule has 5 nitrogen and oxygen atoms in total. The van der Waals surface area contributed by atoms with Crippen LogP contribution in [0.25, 0.3) is 10.9 Å². The summed E-state index contributed by atoms with van der Waals surface area (Å²) in [4.78, 5) is 16.6. The second-order valence-electron chi connectivity index (χ2n) is 6.26. The van der Waals surface area contributed by atoms with Gasteiger partial charge in [0.05, 0.1) is 7.11 Å². The molecule has 2 aromatic heterocycles. The van der Waals surface area contributed by atoms with Gasteiger partial charge in [-0.25, -0.2) is 9.37 Å². The molecule has 3 aliphatic rings. The van der Waals surface area contributed by atoms with E-state index in [0.717, 1.165) is 10.9 Å². The average molecular weight is 289 g/mol. The van der Waals surface area contributed by atoms with Gasteiger partial charge in [0.15, 0.2) is 0 Å². The van der Waals surface area contributed by atoms with E-state index < -0.39 is 5.67 Å². The molecule has 110 valence electrons. The number of amides is 1. The van der Waals surface area contributed by atoms with E-state index in [4.69, 9.17) is 4.74 Å². The van der Waals surface area contributed by atoms with E-state index in [-0.39, 0.29) is 11.4 Å². The molecule has 2 bridgehead atoms. The molecule has 0 unspecified atom stereocenters. The lowest BCUT2D eigenvalue weighted by molar-refractivity contribution is -0.162. The lowest BCUT2D eigenvalue weighted by Crippen LogP contribution is -2.76. The first-order chi connectivity index (χ1) is 9.95. The minimum Gasteiger partial charge on any atom is -0.479 e. The van der Waals surface area contributed by atoms with Gasteiger partial charge in [0.1, 0.15) is 16.9 Å². The first-order valence-electron chi connectivity index (χ1n) is 6.95. The molecular formula is C15H16FN3O2. The van der Waals surface area contributed by atoms with E-state index in [1.165, 1.54) is 0 Å². The Labute approximate surface area is 121 Å². The Morgan fingerprint density at radius 2 is 2.19 bits per heavy atom. The van der Waals surface area contributed by atoms with E-state index >= 15 is 0 Å². The van der Waals surface area contributed by atoms with Gasteiger partial charge in [0.2, 0.25) is 5.88 Å². The number of alkyl halides is 1. The molecule has 0 saturated heterocycles. The fourth-order valence-electron chi connectivity index (χ4n) is 3.74. The standard InChI is InChI=1S/C15H16FN3O2/c1-19-10(5-9-3-4-17-13(21-2)11(9)19)12(20)18-15-6-14(16,7-15)8-15/h3-5H,6-8H2,1-2H3,(H,18,20). The molecule has 2 aromatic rings.